The second-order valence-corrected chi connectivity index (χ2v) is 6.98. The van der Waals surface area contributed by atoms with Crippen molar-refractivity contribution in [3.05, 3.63) is 82.0 Å². The first kappa shape index (κ1) is 14.3. The average Bonchev–Trinajstić information content (AvgIpc) is 3.27. The summed E-state index contributed by atoms with van der Waals surface area (Å²) >= 11 is 1.76. The molecule has 0 aliphatic carbocycles. The van der Waals surface area contributed by atoms with E-state index in [9.17, 15) is 0 Å². The quantitative estimate of drug-likeness (QED) is 0.536. The largest absolute Gasteiger partial charge is 0.185 e. The minimum atomic E-state index is 0.189. The molecule has 0 amide bonds. The number of azo groups is 1. The fraction of sp³-hybridized carbons (Fsp3) is 0.200. The minimum Gasteiger partial charge on any atom is -0.185 e. The molecular weight excluding hydrogens is 300 g/mol. The number of thiophene rings is 1. The molecule has 0 fully saturated rings. The summed E-state index contributed by atoms with van der Waals surface area (Å²) in [6, 6.07) is 22.1. The van der Waals surface area contributed by atoms with Crippen LogP contribution in [0.1, 0.15) is 34.5 Å². The fourth-order valence-electron chi connectivity index (χ4n) is 2.97. The lowest BCUT2D eigenvalue weighted by atomic mass is 9.97. The molecule has 0 spiro atoms. The summed E-state index contributed by atoms with van der Waals surface area (Å²) in [5.41, 5.74) is 5.05. The Kier molecular flexibility index (Phi) is 3.80. The number of rotatable bonds is 3. The first-order valence-electron chi connectivity index (χ1n) is 7.90. The van der Waals surface area contributed by atoms with Crippen molar-refractivity contribution in [1.82, 2.24) is 0 Å². The smallest absolute Gasteiger partial charge is 0.107 e. The van der Waals surface area contributed by atoms with Crippen molar-refractivity contribution >= 4 is 11.3 Å². The van der Waals surface area contributed by atoms with Crippen LogP contribution in [0.3, 0.4) is 0 Å². The van der Waals surface area contributed by atoms with Crippen LogP contribution in [0.15, 0.2) is 76.3 Å². The van der Waals surface area contributed by atoms with E-state index in [1.807, 2.05) is 0 Å². The molecule has 0 bridgehead atoms. The molecule has 2 heterocycles. The highest BCUT2D eigenvalue weighted by molar-refractivity contribution is 7.10. The van der Waals surface area contributed by atoms with Crippen LogP contribution in [-0.2, 0) is 0 Å². The van der Waals surface area contributed by atoms with E-state index in [1.165, 1.54) is 27.1 Å². The summed E-state index contributed by atoms with van der Waals surface area (Å²) in [4.78, 5) is 1.31. The molecule has 2 nitrogen and oxygen atoms in total. The van der Waals surface area contributed by atoms with Gasteiger partial charge in [-0.2, -0.15) is 10.2 Å². The van der Waals surface area contributed by atoms with Crippen LogP contribution in [0.5, 0.6) is 0 Å². The highest BCUT2D eigenvalue weighted by atomic mass is 32.1. The van der Waals surface area contributed by atoms with Crippen LogP contribution in [0.2, 0.25) is 0 Å². The van der Waals surface area contributed by atoms with Gasteiger partial charge in [0.25, 0.3) is 0 Å². The maximum Gasteiger partial charge on any atom is 0.107 e. The predicted octanol–water partition coefficient (Wildman–Crippen LogP) is 6.36. The third-order valence-corrected chi connectivity index (χ3v) is 5.32. The Hall–Kier alpha value is -2.26. The average molecular weight is 318 g/mol. The van der Waals surface area contributed by atoms with E-state index < -0.39 is 0 Å². The second-order valence-electron chi connectivity index (χ2n) is 6.00. The Morgan fingerprint density at radius 1 is 0.826 bits per heavy atom. The predicted molar refractivity (Wildman–Crippen MR) is 95.9 cm³/mol. The number of hydrogen-bond acceptors (Lipinski definition) is 3. The van der Waals surface area contributed by atoms with Crippen molar-refractivity contribution in [2.75, 3.05) is 0 Å². The molecule has 3 aromatic rings. The topological polar surface area (TPSA) is 24.7 Å². The first-order valence-corrected chi connectivity index (χ1v) is 8.78. The number of benzene rings is 2. The summed E-state index contributed by atoms with van der Waals surface area (Å²) in [6.45, 7) is 2.11. The Labute approximate surface area is 140 Å². The van der Waals surface area contributed by atoms with Crippen LogP contribution in [-0.4, -0.2) is 0 Å². The summed E-state index contributed by atoms with van der Waals surface area (Å²) in [7, 11) is 0. The SMILES string of the molecule is Cc1ccc(-c2ccc(C3CC(c4cccs4)N=N3)cc2)cc1. The molecule has 1 aromatic heterocycles. The summed E-state index contributed by atoms with van der Waals surface area (Å²) < 4.78 is 0. The van der Waals surface area contributed by atoms with Crippen molar-refractivity contribution in [3.8, 4) is 11.1 Å². The Balaban J connectivity index is 1.51. The third-order valence-electron chi connectivity index (χ3n) is 4.34. The van der Waals surface area contributed by atoms with Gasteiger partial charge in [0.1, 0.15) is 6.04 Å². The molecule has 0 radical (unpaired) electrons. The van der Waals surface area contributed by atoms with E-state index in [1.54, 1.807) is 11.3 Å². The van der Waals surface area contributed by atoms with E-state index in [2.05, 4.69) is 83.2 Å². The standard InChI is InChI=1S/C20H18N2S/c1-14-4-6-15(7-5-14)16-8-10-17(11-9-16)18-13-19(22-21-18)20-3-2-12-23-20/h2-12,18-19H,13H2,1H3. The van der Waals surface area contributed by atoms with Gasteiger partial charge in [-0.25, -0.2) is 0 Å². The van der Waals surface area contributed by atoms with Gasteiger partial charge in [0, 0.05) is 11.3 Å². The zero-order chi connectivity index (χ0) is 15.6. The van der Waals surface area contributed by atoms with Gasteiger partial charge in [-0.1, -0.05) is 60.2 Å². The van der Waals surface area contributed by atoms with Gasteiger partial charge in [-0.05, 0) is 35.1 Å². The molecule has 1 aliphatic rings. The van der Waals surface area contributed by atoms with E-state index in [-0.39, 0.29) is 12.1 Å². The van der Waals surface area contributed by atoms with Crippen molar-refractivity contribution in [1.29, 1.82) is 0 Å². The van der Waals surface area contributed by atoms with E-state index in [0.29, 0.717) is 0 Å². The van der Waals surface area contributed by atoms with Gasteiger partial charge < -0.3 is 0 Å². The van der Waals surface area contributed by atoms with Crippen LogP contribution in [0.4, 0.5) is 0 Å². The molecule has 0 saturated carbocycles. The number of aryl methyl sites for hydroxylation is 1. The molecule has 3 heteroatoms. The van der Waals surface area contributed by atoms with Gasteiger partial charge in [-0.3, -0.25) is 0 Å². The molecule has 2 unspecified atom stereocenters. The molecule has 2 atom stereocenters. The Morgan fingerprint density at radius 2 is 1.48 bits per heavy atom. The van der Waals surface area contributed by atoms with Crippen molar-refractivity contribution < 1.29 is 0 Å². The molecule has 1 aliphatic heterocycles. The Bertz CT molecular complexity index is 802. The van der Waals surface area contributed by atoms with Crippen LogP contribution < -0.4 is 0 Å². The van der Waals surface area contributed by atoms with Gasteiger partial charge in [0.15, 0.2) is 0 Å². The maximum absolute atomic E-state index is 4.49. The summed E-state index contributed by atoms with van der Waals surface area (Å²) in [5, 5.41) is 11.1. The van der Waals surface area contributed by atoms with E-state index in [4.69, 9.17) is 0 Å². The molecular formula is C20H18N2S. The van der Waals surface area contributed by atoms with Gasteiger partial charge >= 0.3 is 0 Å². The van der Waals surface area contributed by atoms with E-state index in [0.717, 1.165) is 6.42 Å². The zero-order valence-electron chi connectivity index (χ0n) is 13.0. The van der Waals surface area contributed by atoms with Gasteiger partial charge in [0.05, 0.1) is 6.04 Å². The van der Waals surface area contributed by atoms with E-state index >= 15 is 0 Å². The van der Waals surface area contributed by atoms with Crippen LogP contribution >= 0.6 is 11.3 Å². The van der Waals surface area contributed by atoms with Crippen LogP contribution in [0, 0.1) is 6.92 Å². The Morgan fingerprint density at radius 3 is 2.13 bits per heavy atom. The molecule has 0 saturated heterocycles. The third kappa shape index (κ3) is 2.97. The van der Waals surface area contributed by atoms with Gasteiger partial charge in [-0.15, -0.1) is 11.3 Å². The maximum atomic E-state index is 4.49. The highest BCUT2D eigenvalue weighted by Crippen LogP contribution is 2.40. The molecule has 2 aromatic carbocycles. The first-order chi connectivity index (χ1) is 11.3. The zero-order valence-corrected chi connectivity index (χ0v) is 13.8. The molecule has 0 N–H and O–H groups in total. The summed E-state index contributed by atoms with van der Waals surface area (Å²) in [6.07, 6.45) is 0.977. The summed E-state index contributed by atoms with van der Waals surface area (Å²) in [5.74, 6) is 0. The monoisotopic (exact) mass is 318 g/mol. The number of nitrogens with zero attached hydrogens (tertiary/aromatic N) is 2. The van der Waals surface area contributed by atoms with Crippen LogP contribution in [0.25, 0.3) is 11.1 Å². The normalized spacial score (nSPS) is 20.0. The fourth-order valence-corrected chi connectivity index (χ4v) is 3.74. The van der Waals surface area contributed by atoms with Gasteiger partial charge in [0.2, 0.25) is 0 Å². The minimum absolute atomic E-state index is 0.189. The second kappa shape index (κ2) is 6.09. The van der Waals surface area contributed by atoms with Crippen molar-refractivity contribution in [3.63, 3.8) is 0 Å². The molecule has 114 valence electrons. The lowest BCUT2D eigenvalue weighted by molar-refractivity contribution is 0.667. The van der Waals surface area contributed by atoms with Crippen molar-refractivity contribution in [2.24, 2.45) is 10.2 Å². The highest BCUT2D eigenvalue weighted by Gasteiger charge is 2.25. The molecule has 23 heavy (non-hydrogen) atoms. The molecule has 4 rings (SSSR count). The van der Waals surface area contributed by atoms with Crippen molar-refractivity contribution in [2.45, 2.75) is 25.4 Å². The lowest BCUT2D eigenvalue weighted by Gasteiger charge is -2.09. The lowest BCUT2D eigenvalue weighted by Crippen LogP contribution is -1.95. The number of hydrogen-bond donors (Lipinski definition) is 0.